The van der Waals surface area contributed by atoms with E-state index in [-0.39, 0.29) is 5.41 Å². The second-order valence-corrected chi connectivity index (χ2v) is 3.91. The van der Waals surface area contributed by atoms with E-state index in [1.54, 1.807) is 0 Å². The number of hydrogen-bond acceptors (Lipinski definition) is 2. The van der Waals surface area contributed by atoms with Crippen molar-refractivity contribution in [1.82, 2.24) is 0 Å². The van der Waals surface area contributed by atoms with E-state index in [1.165, 1.54) is 0 Å². The molecule has 1 aliphatic carbocycles. The van der Waals surface area contributed by atoms with Gasteiger partial charge in [-0.2, -0.15) is 0 Å². The number of hydrogen-bond donors (Lipinski definition) is 2. The van der Waals surface area contributed by atoms with Crippen molar-refractivity contribution in [3.05, 3.63) is 0 Å². The predicted octanol–water partition coefficient (Wildman–Crippen LogP) is 0.0228. The highest BCUT2D eigenvalue weighted by atomic mass is 16.3. The average Bonchev–Trinajstić information content (AvgIpc) is 1.59. The van der Waals surface area contributed by atoms with Gasteiger partial charge in [-0.1, -0.05) is 13.8 Å². The number of rotatable bonds is 1. The zero-order chi connectivity index (χ0) is 7.99. The molecule has 3 heteroatoms. The minimum atomic E-state index is -1.20. The normalized spacial score (nSPS) is 27.1. The Morgan fingerprint density at radius 2 is 1.90 bits per heavy atom. The van der Waals surface area contributed by atoms with Crippen LogP contribution in [0.25, 0.3) is 0 Å². The summed E-state index contributed by atoms with van der Waals surface area (Å²) in [6.45, 7) is 4.01. The van der Waals surface area contributed by atoms with Crippen molar-refractivity contribution in [2.24, 2.45) is 11.1 Å². The Morgan fingerprint density at radius 3 is 2.00 bits per heavy atom. The van der Waals surface area contributed by atoms with Crippen LogP contribution in [0.3, 0.4) is 0 Å². The smallest absolute Gasteiger partial charge is 0.249 e. The summed E-state index contributed by atoms with van der Waals surface area (Å²) >= 11 is 0. The Hall–Kier alpha value is -0.570. The van der Waals surface area contributed by atoms with Crippen LogP contribution in [0.5, 0.6) is 0 Å². The van der Waals surface area contributed by atoms with E-state index in [0.29, 0.717) is 12.8 Å². The summed E-state index contributed by atoms with van der Waals surface area (Å²) in [6, 6.07) is 0. The van der Waals surface area contributed by atoms with Crippen molar-refractivity contribution in [2.75, 3.05) is 0 Å². The van der Waals surface area contributed by atoms with E-state index in [0.717, 1.165) is 0 Å². The van der Waals surface area contributed by atoms with E-state index in [9.17, 15) is 9.90 Å². The van der Waals surface area contributed by atoms with Crippen LogP contribution in [-0.4, -0.2) is 16.6 Å². The van der Waals surface area contributed by atoms with Gasteiger partial charge in [-0.15, -0.1) is 0 Å². The third-order valence-electron chi connectivity index (χ3n) is 2.00. The van der Waals surface area contributed by atoms with E-state index < -0.39 is 11.5 Å². The molecule has 0 heterocycles. The van der Waals surface area contributed by atoms with Crippen molar-refractivity contribution in [3.8, 4) is 0 Å². The van der Waals surface area contributed by atoms with Gasteiger partial charge in [0, 0.05) is 0 Å². The first-order valence-electron chi connectivity index (χ1n) is 3.38. The molecule has 0 atom stereocenters. The molecule has 0 saturated heterocycles. The van der Waals surface area contributed by atoms with Crippen LogP contribution in [0.1, 0.15) is 26.7 Å². The van der Waals surface area contributed by atoms with Crippen molar-refractivity contribution in [2.45, 2.75) is 32.3 Å². The van der Waals surface area contributed by atoms with Crippen LogP contribution in [0.4, 0.5) is 0 Å². The largest absolute Gasteiger partial charge is 0.380 e. The van der Waals surface area contributed by atoms with Crippen LogP contribution in [0, 0.1) is 5.41 Å². The van der Waals surface area contributed by atoms with Gasteiger partial charge in [-0.25, -0.2) is 0 Å². The molecule has 0 aromatic carbocycles. The molecule has 0 aromatic rings. The van der Waals surface area contributed by atoms with Crippen molar-refractivity contribution in [1.29, 1.82) is 0 Å². The average molecular weight is 143 g/mol. The quantitative estimate of drug-likeness (QED) is 0.543. The van der Waals surface area contributed by atoms with E-state index >= 15 is 0 Å². The van der Waals surface area contributed by atoms with E-state index in [4.69, 9.17) is 5.73 Å². The maximum absolute atomic E-state index is 10.6. The molecule has 1 aliphatic rings. The van der Waals surface area contributed by atoms with Gasteiger partial charge in [0.25, 0.3) is 0 Å². The van der Waals surface area contributed by atoms with Crippen LogP contribution in [0.2, 0.25) is 0 Å². The fourth-order valence-electron chi connectivity index (χ4n) is 1.71. The molecule has 0 aliphatic heterocycles. The summed E-state index contributed by atoms with van der Waals surface area (Å²) < 4.78 is 0. The van der Waals surface area contributed by atoms with E-state index in [1.807, 2.05) is 13.8 Å². The number of aliphatic hydroxyl groups is 1. The minimum Gasteiger partial charge on any atom is -0.380 e. The zero-order valence-corrected chi connectivity index (χ0v) is 6.35. The van der Waals surface area contributed by atoms with Gasteiger partial charge in [-0.3, -0.25) is 4.79 Å². The number of amides is 1. The standard InChI is InChI=1S/C7H13NO2/c1-6(2)3-7(10,4-6)5(8)9/h10H,3-4H2,1-2H3,(H2,8,9). The van der Waals surface area contributed by atoms with Gasteiger partial charge in [0.1, 0.15) is 5.60 Å². The molecule has 0 radical (unpaired) electrons. The monoisotopic (exact) mass is 143 g/mol. The lowest BCUT2D eigenvalue weighted by Crippen LogP contribution is -2.57. The summed E-state index contributed by atoms with van der Waals surface area (Å²) in [5.41, 5.74) is 3.85. The molecule has 0 spiro atoms. The third kappa shape index (κ3) is 1.01. The topological polar surface area (TPSA) is 63.3 Å². The number of carbonyl (C=O) groups is 1. The molecule has 1 rings (SSSR count). The molecule has 0 unspecified atom stereocenters. The summed E-state index contributed by atoms with van der Waals surface area (Å²) in [7, 11) is 0. The van der Waals surface area contributed by atoms with Crippen LogP contribution in [-0.2, 0) is 4.79 Å². The number of carbonyl (C=O) groups excluding carboxylic acids is 1. The maximum atomic E-state index is 10.6. The summed E-state index contributed by atoms with van der Waals surface area (Å²) in [4.78, 5) is 10.6. The fraction of sp³-hybridized carbons (Fsp3) is 0.857. The van der Waals surface area contributed by atoms with Crippen LogP contribution < -0.4 is 5.73 Å². The first-order chi connectivity index (χ1) is 4.36. The molecule has 58 valence electrons. The van der Waals surface area contributed by atoms with Crippen LogP contribution in [0.15, 0.2) is 0 Å². The fourth-order valence-corrected chi connectivity index (χ4v) is 1.71. The van der Waals surface area contributed by atoms with E-state index in [2.05, 4.69) is 0 Å². The SMILES string of the molecule is CC1(C)CC(O)(C(N)=O)C1. The molecule has 1 amide bonds. The molecule has 3 N–H and O–H groups in total. The second-order valence-electron chi connectivity index (χ2n) is 3.91. The number of nitrogens with two attached hydrogens (primary N) is 1. The maximum Gasteiger partial charge on any atom is 0.249 e. The Balaban J connectivity index is 2.58. The molecule has 0 aromatic heterocycles. The summed E-state index contributed by atoms with van der Waals surface area (Å²) in [6.07, 6.45) is 0.991. The molecule has 1 saturated carbocycles. The van der Waals surface area contributed by atoms with Gasteiger partial charge in [0.2, 0.25) is 5.91 Å². The van der Waals surface area contributed by atoms with Gasteiger partial charge in [0.15, 0.2) is 0 Å². The van der Waals surface area contributed by atoms with Gasteiger partial charge < -0.3 is 10.8 Å². The first-order valence-corrected chi connectivity index (χ1v) is 3.38. The minimum absolute atomic E-state index is 0.0871. The lowest BCUT2D eigenvalue weighted by atomic mass is 9.61. The molecule has 3 nitrogen and oxygen atoms in total. The third-order valence-corrected chi connectivity index (χ3v) is 2.00. The highest BCUT2D eigenvalue weighted by Crippen LogP contribution is 2.47. The summed E-state index contributed by atoms with van der Waals surface area (Å²) in [5.74, 6) is -0.591. The summed E-state index contributed by atoms with van der Waals surface area (Å²) in [5, 5.41) is 9.35. The molecule has 0 bridgehead atoms. The second kappa shape index (κ2) is 1.72. The molecular weight excluding hydrogens is 130 g/mol. The number of primary amides is 1. The Morgan fingerprint density at radius 1 is 1.50 bits per heavy atom. The van der Waals surface area contributed by atoms with Crippen molar-refractivity contribution >= 4 is 5.91 Å². The first kappa shape index (κ1) is 7.54. The Labute approximate surface area is 60.2 Å². The predicted molar refractivity (Wildman–Crippen MR) is 37.2 cm³/mol. The van der Waals surface area contributed by atoms with Crippen molar-refractivity contribution < 1.29 is 9.90 Å². The Kier molecular flexibility index (Phi) is 1.30. The highest BCUT2D eigenvalue weighted by Gasteiger charge is 2.51. The zero-order valence-electron chi connectivity index (χ0n) is 6.35. The molecular formula is C7H13NO2. The molecule has 1 fully saturated rings. The molecule has 10 heavy (non-hydrogen) atoms. The highest BCUT2D eigenvalue weighted by molar-refractivity contribution is 5.84. The van der Waals surface area contributed by atoms with Crippen molar-refractivity contribution in [3.63, 3.8) is 0 Å². The lowest BCUT2D eigenvalue weighted by Gasteiger charge is -2.47. The Bertz CT molecular complexity index is 166. The lowest BCUT2D eigenvalue weighted by molar-refractivity contribution is -0.160. The van der Waals surface area contributed by atoms with Gasteiger partial charge in [0.05, 0.1) is 0 Å². The van der Waals surface area contributed by atoms with Gasteiger partial charge >= 0.3 is 0 Å². The van der Waals surface area contributed by atoms with Crippen LogP contribution >= 0.6 is 0 Å². The van der Waals surface area contributed by atoms with Gasteiger partial charge in [-0.05, 0) is 18.3 Å².